The molecular weight excluding hydrogens is 454 g/mol. The predicted octanol–water partition coefficient (Wildman–Crippen LogP) is 2.98. The van der Waals surface area contributed by atoms with Gasteiger partial charge in [0.2, 0.25) is 0 Å². The van der Waals surface area contributed by atoms with Crippen LogP contribution >= 0.6 is 23.1 Å². The quantitative estimate of drug-likeness (QED) is 0.541. The summed E-state index contributed by atoms with van der Waals surface area (Å²) in [5, 5.41) is 0.851. The summed E-state index contributed by atoms with van der Waals surface area (Å²) >= 11 is 2.93. The Kier molecular flexibility index (Phi) is 5.42. The molecule has 0 bridgehead atoms. The molecule has 2 aliphatic heterocycles. The molecule has 0 aliphatic carbocycles. The van der Waals surface area contributed by atoms with Gasteiger partial charge in [-0.25, -0.2) is 0 Å². The van der Waals surface area contributed by atoms with Crippen molar-refractivity contribution in [1.82, 2.24) is 4.57 Å². The highest BCUT2D eigenvalue weighted by molar-refractivity contribution is 8.08. The summed E-state index contributed by atoms with van der Waals surface area (Å²) in [6, 6.07) is 13.6. The minimum atomic E-state index is -0.114. The molecule has 8 heteroatoms. The Morgan fingerprint density at radius 2 is 1.91 bits per heavy atom. The lowest BCUT2D eigenvalue weighted by atomic mass is 10.1. The average Bonchev–Trinajstić information content (AvgIpc) is 3.42. The lowest BCUT2D eigenvalue weighted by Crippen LogP contribution is -2.35. The Morgan fingerprint density at radius 1 is 1.12 bits per heavy atom. The maximum atomic E-state index is 13.6. The number of allylic oxidation sites excluding steroid dienone is 1. The normalized spacial score (nSPS) is 18.0. The number of methoxy groups -OCH3 is 1. The van der Waals surface area contributed by atoms with Gasteiger partial charge < -0.3 is 14.5 Å². The van der Waals surface area contributed by atoms with E-state index < -0.39 is 0 Å². The zero-order valence-electron chi connectivity index (χ0n) is 18.6. The van der Waals surface area contributed by atoms with Gasteiger partial charge in [0, 0.05) is 36.7 Å². The van der Waals surface area contributed by atoms with Crippen LogP contribution in [0.25, 0.3) is 10.6 Å². The maximum absolute atomic E-state index is 13.6. The fraction of sp³-hybridized carbons (Fsp3) is 0.200. The van der Waals surface area contributed by atoms with E-state index in [1.807, 2.05) is 61.3 Å². The van der Waals surface area contributed by atoms with Crippen molar-refractivity contribution in [2.45, 2.75) is 18.4 Å². The lowest BCUT2D eigenvalue weighted by Gasteiger charge is -2.13. The van der Waals surface area contributed by atoms with Gasteiger partial charge in [0.25, 0.3) is 11.5 Å². The number of rotatable bonds is 4. The van der Waals surface area contributed by atoms with E-state index in [1.54, 1.807) is 34.4 Å². The molecule has 3 heterocycles. The molecule has 0 atom stereocenters. The zero-order chi connectivity index (χ0) is 23.3. The molecule has 0 radical (unpaired) electrons. The van der Waals surface area contributed by atoms with Gasteiger partial charge in [-0.15, -0.1) is 17.9 Å². The zero-order valence-corrected chi connectivity index (χ0v) is 20.3. The summed E-state index contributed by atoms with van der Waals surface area (Å²) in [4.78, 5) is 31.9. The van der Waals surface area contributed by atoms with Crippen molar-refractivity contribution in [2.24, 2.45) is 0 Å². The SMILES string of the molecule is C=CCn1c(=C2C(=O)N(CC)c3ccccc32)sc(=C2Sc3ccc(OC)cc3N2C)c1=O. The number of nitrogens with zero attached hydrogens (tertiary/aromatic N) is 3. The van der Waals surface area contributed by atoms with Crippen LogP contribution in [0, 0.1) is 0 Å². The van der Waals surface area contributed by atoms with Crippen LogP contribution in [0.5, 0.6) is 5.75 Å². The predicted molar refractivity (Wildman–Crippen MR) is 136 cm³/mol. The summed E-state index contributed by atoms with van der Waals surface area (Å²) in [6.45, 7) is 6.69. The highest BCUT2D eigenvalue weighted by atomic mass is 32.2. The maximum Gasteiger partial charge on any atom is 0.272 e. The summed E-state index contributed by atoms with van der Waals surface area (Å²) in [7, 11) is 3.59. The number of hydrogen-bond donors (Lipinski definition) is 0. The van der Waals surface area contributed by atoms with Gasteiger partial charge in [0.15, 0.2) is 0 Å². The molecule has 6 nitrogen and oxygen atoms in total. The Balaban J connectivity index is 1.81. The number of benzene rings is 2. The Morgan fingerprint density at radius 3 is 2.64 bits per heavy atom. The van der Waals surface area contributed by atoms with E-state index in [2.05, 4.69) is 6.58 Å². The van der Waals surface area contributed by atoms with Crippen molar-refractivity contribution < 1.29 is 9.53 Å². The van der Waals surface area contributed by atoms with Gasteiger partial charge in [0.1, 0.15) is 20.0 Å². The van der Waals surface area contributed by atoms with Crippen molar-refractivity contribution in [2.75, 3.05) is 30.5 Å². The summed E-state index contributed by atoms with van der Waals surface area (Å²) in [5.41, 5.74) is 3.20. The molecule has 0 N–H and O–H groups in total. The van der Waals surface area contributed by atoms with Crippen LogP contribution in [-0.2, 0) is 11.3 Å². The smallest absolute Gasteiger partial charge is 0.272 e. The van der Waals surface area contributed by atoms with Crippen molar-refractivity contribution >= 4 is 51.0 Å². The van der Waals surface area contributed by atoms with Gasteiger partial charge in [0.05, 0.1) is 24.1 Å². The first-order valence-corrected chi connectivity index (χ1v) is 12.2. The number of para-hydroxylation sites is 1. The Labute approximate surface area is 199 Å². The Hall–Kier alpha value is -3.23. The second-order valence-electron chi connectivity index (χ2n) is 7.68. The number of thiazole rings is 1. The number of amides is 1. The average molecular weight is 478 g/mol. The van der Waals surface area contributed by atoms with Crippen LogP contribution in [-0.4, -0.2) is 31.2 Å². The van der Waals surface area contributed by atoms with E-state index in [0.29, 0.717) is 27.9 Å². The van der Waals surface area contributed by atoms with Crippen LogP contribution in [0.4, 0.5) is 11.4 Å². The van der Waals surface area contributed by atoms with Crippen LogP contribution in [0.2, 0.25) is 0 Å². The molecule has 1 aromatic heterocycles. The molecule has 0 saturated carbocycles. The second-order valence-corrected chi connectivity index (χ2v) is 9.71. The van der Waals surface area contributed by atoms with E-state index in [0.717, 1.165) is 32.6 Å². The highest BCUT2D eigenvalue weighted by Crippen LogP contribution is 2.46. The number of ether oxygens (including phenoxy) is 1. The largest absolute Gasteiger partial charge is 0.497 e. The standard InChI is InChI=1S/C25H23N3O3S2/c1-5-13-28-23(30)21(25-26(3)18-14-15(31-4)11-12-19(18)32-25)33-24(28)20-16-9-7-8-10-17(16)27(6-2)22(20)29/h5,7-12,14H,1,6,13H2,2-4H3. The number of hydrogen-bond acceptors (Lipinski definition) is 6. The molecule has 0 spiro atoms. The number of carbonyl (C=O) groups is 1. The summed E-state index contributed by atoms with van der Waals surface area (Å²) in [6.07, 6.45) is 1.70. The number of carbonyl (C=O) groups excluding carboxylic acids is 1. The fourth-order valence-electron chi connectivity index (χ4n) is 4.28. The summed E-state index contributed by atoms with van der Waals surface area (Å²) < 4.78 is 8.32. The van der Waals surface area contributed by atoms with Crippen molar-refractivity contribution in [3.8, 4) is 5.75 Å². The first-order valence-electron chi connectivity index (χ1n) is 10.6. The number of likely N-dealkylation sites (N-methyl/N-ethyl adjacent to an activating group) is 1. The van der Waals surface area contributed by atoms with Gasteiger partial charge in [-0.2, -0.15) is 0 Å². The molecule has 1 amide bonds. The molecular formula is C25H23N3O3S2. The molecule has 2 aliphatic rings. The molecule has 33 heavy (non-hydrogen) atoms. The van der Waals surface area contributed by atoms with Crippen LogP contribution in [0.1, 0.15) is 12.5 Å². The van der Waals surface area contributed by atoms with E-state index in [-0.39, 0.29) is 11.5 Å². The van der Waals surface area contributed by atoms with Gasteiger partial charge >= 0.3 is 0 Å². The number of fused-ring (bicyclic) bond motifs is 2. The van der Waals surface area contributed by atoms with E-state index >= 15 is 0 Å². The van der Waals surface area contributed by atoms with E-state index in [1.165, 1.54) is 11.3 Å². The van der Waals surface area contributed by atoms with Crippen molar-refractivity contribution in [1.29, 1.82) is 0 Å². The van der Waals surface area contributed by atoms with Crippen LogP contribution in [0.3, 0.4) is 0 Å². The first-order chi connectivity index (χ1) is 16.0. The molecule has 2 aromatic carbocycles. The topological polar surface area (TPSA) is 54.8 Å². The third-order valence-electron chi connectivity index (χ3n) is 5.88. The highest BCUT2D eigenvalue weighted by Gasteiger charge is 2.33. The van der Waals surface area contributed by atoms with Crippen LogP contribution < -0.4 is 29.3 Å². The second kappa shape index (κ2) is 8.28. The molecule has 3 aromatic rings. The van der Waals surface area contributed by atoms with Gasteiger partial charge in [-0.05, 0) is 25.1 Å². The van der Waals surface area contributed by atoms with Gasteiger partial charge in [-0.3, -0.25) is 14.2 Å². The minimum Gasteiger partial charge on any atom is -0.497 e. The van der Waals surface area contributed by atoms with E-state index in [4.69, 9.17) is 4.74 Å². The number of anilines is 2. The van der Waals surface area contributed by atoms with Crippen molar-refractivity contribution in [3.05, 3.63) is 80.2 Å². The first kappa shape index (κ1) is 21.6. The molecule has 168 valence electrons. The molecule has 0 saturated heterocycles. The third kappa shape index (κ3) is 3.24. The summed E-state index contributed by atoms with van der Waals surface area (Å²) in [5.74, 6) is 0.691. The number of aromatic nitrogens is 1. The third-order valence-corrected chi connectivity index (χ3v) is 8.44. The minimum absolute atomic E-state index is 0.0743. The number of thioether (sulfide) groups is 1. The molecule has 0 unspecified atom stereocenters. The van der Waals surface area contributed by atoms with E-state index in [9.17, 15) is 9.59 Å². The lowest BCUT2D eigenvalue weighted by molar-refractivity contribution is -0.113. The fourth-order valence-corrected chi connectivity index (χ4v) is 6.77. The van der Waals surface area contributed by atoms with Crippen LogP contribution in [0.15, 0.2) is 64.8 Å². The monoisotopic (exact) mass is 477 g/mol. The molecule has 0 fully saturated rings. The Bertz CT molecular complexity index is 1490. The van der Waals surface area contributed by atoms with Gasteiger partial charge in [-0.1, -0.05) is 36.0 Å². The molecule has 5 rings (SSSR count). The van der Waals surface area contributed by atoms with Crippen molar-refractivity contribution in [3.63, 3.8) is 0 Å².